The molecule has 3 aromatic rings. The van der Waals surface area contributed by atoms with Crippen LogP contribution in [0.1, 0.15) is 36.1 Å². The molecular formula is C14H18Cl2N4O3. The van der Waals surface area contributed by atoms with E-state index >= 15 is 0 Å². The van der Waals surface area contributed by atoms with Crippen molar-refractivity contribution in [1.82, 2.24) is 20.1 Å². The molecule has 3 heterocycles. The van der Waals surface area contributed by atoms with E-state index in [1.54, 1.807) is 39.5 Å². The van der Waals surface area contributed by atoms with Crippen LogP contribution in [0.15, 0.2) is 32.1 Å². The van der Waals surface area contributed by atoms with Gasteiger partial charge < -0.3 is 13.4 Å². The molecule has 0 saturated heterocycles. The molecule has 0 fully saturated rings. The third-order valence-electron chi connectivity index (χ3n) is 2.21. The molecule has 7 nitrogen and oxygen atoms in total. The summed E-state index contributed by atoms with van der Waals surface area (Å²) in [6, 6.07) is 0. The van der Waals surface area contributed by atoms with Gasteiger partial charge in [-0.15, -0.1) is 0 Å². The molecule has 9 heteroatoms. The monoisotopic (exact) mass is 360 g/mol. The van der Waals surface area contributed by atoms with Crippen LogP contribution in [0.5, 0.6) is 0 Å². The van der Waals surface area contributed by atoms with Crippen molar-refractivity contribution in [3.63, 3.8) is 0 Å². The molecule has 0 aromatic carbocycles. The second kappa shape index (κ2) is 8.69. The van der Waals surface area contributed by atoms with E-state index < -0.39 is 4.33 Å². The lowest BCUT2D eigenvalue weighted by Crippen LogP contribution is -2.05. The third kappa shape index (κ3) is 7.80. The maximum Gasteiger partial charge on any atom is 0.223 e. The van der Waals surface area contributed by atoms with E-state index in [1.165, 1.54) is 0 Å². The Morgan fingerprint density at radius 1 is 0.957 bits per heavy atom. The topological polar surface area (TPSA) is 91.0 Å². The van der Waals surface area contributed by atoms with Gasteiger partial charge in [0.25, 0.3) is 0 Å². The molecule has 3 rings (SSSR count). The predicted molar refractivity (Wildman–Crippen MR) is 85.3 cm³/mol. The van der Waals surface area contributed by atoms with E-state index in [-0.39, 0.29) is 0 Å². The molecule has 0 aliphatic rings. The van der Waals surface area contributed by atoms with Crippen molar-refractivity contribution in [2.75, 3.05) is 0 Å². The summed E-state index contributed by atoms with van der Waals surface area (Å²) >= 11 is 11.3. The van der Waals surface area contributed by atoms with E-state index in [2.05, 4.69) is 24.6 Å². The lowest BCUT2D eigenvalue weighted by Gasteiger charge is -2.04. The fourth-order valence-corrected chi connectivity index (χ4v) is 1.40. The Hall–Kier alpha value is -1.86. The molecule has 0 aliphatic carbocycles. The quantitative estimate of drug-likeness (QED) is 0.597. The number of oxazole rings is 2. The van der Waals surface area contributed by atoms with Crippen molar-refractivity contribution in [2.24, 2.45) is 0 Å². The average molecular weight is 361 g/mol. The fraction of sp³-hybridized carbons (Fsp3) is 0.429. The predicted octanol–water partition coefficient (Wildman–Crippen LogP) is 4.30. The van der Waals surface area contributed by atoms with Crippen LogP contribution in [-0.4, -0.2) is 20.1 Å². The first-order chi connectivity index (χ1) is 10.7. The minimum absolute atomic E-state index is 0.299. The van der Waals surface area contributed by atoms with E-state index in [1.807, 2.05) is 13.8 Å². The number of rotatable bonds is 1. The summed E-state index contributed by atoms with van der Waals surface area (Å²) in [5.41, 5.74) is 0.942. The van der Waals surface area contributed by atoms with Gasteiger partial charge in [-0.3, -0.25) is 0 Å². The Bertz CT molecular complexity index is 671. The number of aryl methyl sites for hydroxylation is 4. The van der Waals surface area contributed by atoms with Gasteiger partial charge in [-0.2, -0.15) is 4.98 Å². The van der Waals surface area contributed by atoms with Crippen LogP contribution in [0.25, 0.3) is 0 Å². The Balaban J connectivity index is 0.000000179. The number of nitrogens with zero attached hydrogens (tertiary/aromatic N) is 4. The Labute approximate surface area is 144 Å². The van der Waals surface area contributed by atoms with E-state index in [9.17, 15) is 0 Å². The summed E-state index contributed by atoms with van der Waals surface area (Å²) in [6.45, 7) is 8.79. The first kappa shape index (κ1) is 19.2. The SMILES string of the molecule is Cc1coc(C)n1.Cc1nc(C(C)(Cl)Cl)no1.Cc1ncco1. The molecule has 0 radical (unpaired) electrons. The van der Waals surface area contributed by atoms with Crippen molar-refractivity contribution >= 4 is 23.2 Å². The Morgan fingerprint density at radius 3 is 1.83 bits per heavy atom. The van der Waals surface area contributed by atoms with Crippen molar-refractivity contribution in [3.05, 3.63) is 47.9 Å². The zero-order chi connectivity index (χ0) is 17.5. The number of alkyl halides is 2. The fourth-order valence-electron chi connectivity index (χ4n) is 1.24. The van der Waals surface area contributed by atoms with Gasteiger partial charge >= 0.3 is 0 Å². The lowest BCUT2D eigenvalue weighted by atomic mass is 10.4. The molecule has 0 bridgehead atoms. The van der Waals surface area contributed by atoms with Gasteiger partial charge in [0, 0.05) is 20.8 Å². The molecule has 3 aromatic heterocycles. The van der Waals surface area contributed by atoms with Crippen LogP contribution < -0.4 is 0 Å². The van der Waals surface area contributed by atoms with Crippen molar-refractivity contribution in [2.45, 2.75) is 39.0 Å². The summed E-state index contributed by atoms with van der Waals surface area (Å²) in [5.74, 6) is 2.21. The summed E-state index contributed by atoms with van der Waals surface area (Å²) in [4.78, 5) is 11.5. The lowest BCUT2D eigenvalue weighted by molar-refractivity contribution is 0.386. The minimum atomic E-state index is -1.06. The van der Waals surface area contributed by atoms with Crippen LogP contribution in [0.3, 0.4) is 0 Å². The first-order valence-electron chi connectivity index (χ1n) is 6.62. The summed E-state index contributed by atoms with van der Waals surface area (Å²) < 4.78 is 13.2. The average Bonchev–Trinajstić information content (AvgIpc) is 3.15. The molecule has 0 amide bonds. The highest BCUT2D eigenvalue weighted by atomic mass is 35.5. The molecule has 0 N–H and O–H groups in total. The Kier molecular flexibility index (Phi) is 7.25. The van der Waals surface area contributed by atoms with Crippen LogP contribution in [-0.2, 0) is 4.33 Å². The second-order valence-corrected chi connectivity index (χ2v) is 6.29. The standard InChI is InChI=1S/C5H6Cl2N2O.C5H7NO.C4H5NO/c1-3-8-4(9-10-3)5(2,6)7;1-4-3-7-5(2)6-4;1-4-5-2-3-6-4/h1-2H3;3H,1-2H3;2-3H,1H3. The van der Waals surface area contributed by atoms with E-state index in [4.69, 9.17) is 32.0 Å². The summed E-state index contributed by atoms with van der Waals surface area (Å²) in [7, 11) is 0. The van der Waals surface area contributed by atoms with E-state index in [0.29, 0.717) is 11.7 Å². The summed E-state index contributed by atoms with van der Waals surface area (Å²) in [6.07, 6.45) is 4.81. The van der Waals surface area contributed by atoms with Crippen LogP contribution >= 0.6 is 23.2 Å². The zero-order valence-corrected chi connectivity index (χ0v) is 15.0. The van der Waals surface area contributed by atoms with Gasteiger partial charge in [0.05, 0.1) is 11.9 Å². The normalized spacial score (nSPS) is 10.4. The van der Waals surface area contributed by atoms with Gasteiger partial charge in [-0.1, -0.05) is 28.4 Å². The highest BCUT2D eigenvalue weighted by Gasteiger charge is 2.25. The maximum absolute atomic E-state index is 5.65. The number of aromatic nitrogens is 4. The largest absolute Gasteiger partial charge is 0.449 e. The van der Waals surface area contributed by atoms with Gasteiger partial charge in [0.1, 0.15) is 12.5 Å². The highest BCUT2D eigenvalue weighted by Crippen LogP contribution is 2.30. The van der Waals surface area contributed by atoms with Gasteiger partial charge in [0.15, 0.2) is 16.1 Å². The Morgan fingerprint density at radius 2 is 1.65 bits per heavy atom. The van der Waals surface area contributed by atoms with Crippen molar-refractivity contribution < 1.29 is 13.4 Å². The zero-order valence-electron chi connectivity index (χ0n) is 13.5. The number of halogens is 2. The van der Waals surface area contributed by atoms with Gasteiger partial charge in [-0.25, -0.2) is 9.97 Å². The first-order valence-corrected chi connectivity index (χ1v) is 7.37. The number of hydrogen-bond acceptors (Lipinski definition) is 7. The summed E-state index contributed by atoms with van der Waals surface area (Å²) in [5, 5.41) is 3.54. The van der Waals surface area contributed by atoms with Crippen molar-refractivity contribution in [1.29, 1.82) is 0 Å². The minimum Gasteiger partial charge on any atom is -0.449 e. The highest BCUT2D eigenvalue weighted by molar-refractivity contribution is 6.47. The molecular weight excluding hydrogens is 343 g/mol. The van der Waals surface area contributed by atoms with Crippen LogP contribution in [0.4, 0.5) is 0 Å². The number of hydrogen-bond donors (Lipinski definition) is 0. The second-order valence-electron chi connectivity index (χ2n) is 4.58. The van der Waals surface area contributed by atoms with Gasteiger partial charge in [0.2, 0.25) is 11.7 Å². The molecule has 0 unspecified atom stereocenters. The maximum atomic E-state index is 5.65. The molecule has 126 valence electrons. The molecule has 0 spiro atoms. The van der Waals surface area contributed by atoms with Crippen LogP contribution in [0.2, 0.25) is 0 Å². The third-order valence-corrected chi connectivity index (χ3v) is 2.55. The molecule has 0 saturated carbocycles. The van der Waals surface area contributed by atoms with E-state index in [0.717, 1.165) is 17.5 Å². The molecule has 23 heavy (non-hydrogen) atoms. The van der Waals surface area contributed by atoms with Gasteiger partial charge in [-0.05, 0) is 13.8 Å². The smallest absolute Gasteiger partial charge is 0.223 e. The molecule has 0 atom stereocenters. The van der Waals surface area contributed by atoms with Crippen molar-refractivity contribution in [3.8, 4) is 0 Å². The van der Waals surface area contributed by atoms with Crippen LogP contribution in [0, 0.1) is 27.7 Å². The molecule has 0 aliphatic heterocycles.